The van der Waals surface area contributed by atoms with E-state index in [1.54, 1.807) is 30.3 Å². The molecule has 0 aliphatic rings. The van der Waals surface area contributed by atoms with Gasteiger partial charge in [0.05, 0.1) is 12.2 Å². The third kappa shape index (κ3) is 4.14. The van der Waals surface area contributed by atoms with Gasteiger partial charge in [-0.1, -0.05) is 23.7 Å². The highest BCUT2D eigenvalue weighted by Gasteiger charge is 2.06. The molecule has 0 amide bonds. The first-order valence-electron chi connectivity index (χ1n) is 6.06. The predicted molar refractivity (Wildman–Crippen MR) is 76.4 cm³/mol. The maximum absolute atomic E-state index is 13.4. The third-order valence-electron chi connectivity index (χ3n) is 2.60. The van der Waals surface area contributed by atoms with Crippen molar-refractivity contribution in [3.8, 4) is 5.75 Å². The van der Waals surface area contributed by atoms with Gasteiger partial charge in [0.25, 0.3) is 0 Å². The van der Waals surface area contributed by atoms with E-state index in [1.165, 1.54) is 6.07 Å². The van der Waals surface area contributed by atoms with E-state index in [0.29, 0.717) is 17.3 Å². The number of rotatable bonds is 5. The smallest absolute Gasteiger partial charge is 0.146 e. The third-order valence-corrected chi connectivity index (χ3v) is 2.86. The van der Waals surface area contributed by atoms with Crippen LogP contribution in [-0.2, 0) is 0 Å². The summed E-state index contributed by atoms with van der Waals surface area (Å²) in [6.45, 7) is 2.44. The van der Waals surface area contributed by atoms with E-state index in [0.717, 1.165) is 5.75 Å². The lowest BCUT2D eigenvalue weighted by molar-refractivity contribution is 0.234. The Morgan fingerprint density at radius 2 is 1.84 bits per heavy atom. The highest BCUT2D eigenvalue weighted by Crippen LogP contribution is 2.17. The van der Waals surface area contributed by atoms with Gasteiger partial charge in [0.1, 0.15) is 17.7 Å². The van der Waals surface area contributed by atoms with E-state index < -0.39 is 0 Å². The molecule has 0 fully saturated rings. The zero-order valence-corrected chi connectivity index (χ0v) is 11.3. The first-order valence-corrected chi connectivity index (χ1v) is 6.43. The quantitative estimate of drug-likeness (QED) is 0.878. The molecule has 0 heterocycles. The van der Waals surface area contributed by atoms with Crippen LogP contribution in [0.3, 0.4) is 0 Å². The van der Waals surface area contributed by atoms with Crippen LogP contribution in [0.5, 0.6) is 5.75 Å². The summed E-state index contributed by atoms with van der Waals surface area (Å²) in [4.78, 5) is 0. The van der Waals surface area contributed by atoms with E-state index in [4.69, 9.17) is 16.3 Å². The topological polar surface area (TPSA) is 21.3 Å². The molecule has 0 aromatic heterocycles. The van der Waals surface area contributed by atoms with E-state index in [9.17, 15) is 4.39 Å². The number of hydrogen-bond acceptors (Lipinski definition) is 2. The molecule has 4 heteroatoms. The van der Waals surface area contributed by atoms with Crippen LogP contribution >= 0.6 is 11.6 Å². The van der Waals surface area contributed by atoms with Crippen LogP contribution in [0.15, 0.2) is 48.5 Å². The van der Waals surface area contributed by atoms with Gasteiger partial charge in [-0.05, 0) is 43.3 Å². The number of para-hydroxylation sites is 1. The molecule has 2 aromatic rings. The lowest BCUT2D eigenvalue weighted by Gasteiger charge is -2.16. The maximum Gasteiger partial charge on any atom is 0.146 e. The number of anilines is 1. The van der Waals surface area contributed by atoms with Crippen molar-refractivity contribution in [1.82, 2.24) is 0 Å². The molecule has 2 rings (SSSR count). The van der Waals surface area contributed by atoms with Crippen molar-refractivity contribution in [3.05, 3.63) is 59.4 Å². The normalized spacial score (nSPS) is 11.9. The Kier molecular flexibility index (Phi) is 4.63. The van der Waals surface area contributed by atoms with E-state index in [2.05, 4.69) is 5.32 Å². The zero-order valence-electron chi connectivity index (χ0n) is 10.6. The molecule has 0 aliphatic carbocycles. The largest absolute Gasteiger partial charge is 0.489 e. The Morgan fingerprint density at radius 3 is 2.53 bits per heavy atom. The van der Waals surface area contributed by atoms with Crippen molar-refractivity contribution in [2.24, 2.45) is 0 Å². The minimum Gasteiger partial charge on any atom is -0.489 e. The van der Waals surface area contributed by atoms with Crippen molar-refractivity contribution >= 4 is 17.3 Å². The summed E-state index contributed by atoms with van der Waals surface area (Å²) in [5, 5.41) is 3.69. The van der Waals surface area contributed by atoms with Gasteiger partial charge in [0.2, 0.25) is 0 Å². The van der Waals surface area contributed by atoms with Crippen molar-refractivity contribution in [1.29, 1.82) is 0 Å². The van der Waals surface area contributed by atoms with E-state index >= 15 is 0 Å². The number of hydrogen-bond donors (Lipinski definition) is 1. The highest BCUT2D eigenvalue weighted by molar-refractivity contribution is 6.30. The maximum atomic E-state index is 13.4. The van der Waals surface area contributed by atoms with Crippen LogP contribution < -0.4 is 10.1 Å². The Morgan fingerprint density at radius 1 is 1.16 bits per heavy atom. The van der Waals surface area contributed by atoms with Gasteiger partial charge in [0, 0.05) is 5.02 Å². The minimum atomic E-state index is -0.263. The SMILES string of the molecule is CC(CNc1ccccc1F)Oc1ccc(Cl)cc1. The van der Waals surface area contributed by atoms with E-state index in [1.807, 2.05) is 19.1 Å². The summed E-state index contributed by atoms with van der Waals surface area (Å²) in [7, 11) is 0. The molecule has 1 unspecified atom stereocenters. The summed E-state index contributed by atoms with van der Waals surface area (Å²) in [5.41, 5.74) is 0.481. The summed E-state index contributed by atoms with van der Waals surface area (Å²) >= 11 is 5.80. The second-order valence-electron chi connectivity index (χ2n) is 4.24. The molecule has 2 nitrogen and oxygen atoms in total. The molecule has 100 valence electrons. The molecule has 2 aromatic carbocycles. The first-order chi connectivity index (χ1) is 9.15. The molecule has 1 atom stereocenters. The fraction of sp³-hybridized carbons (Fsp3) is 0.200. The standard InChI is InChI=1S/C15H15ClFNO/c1-11(19-13-8-6-12(16)7-9-13)10-18-15-5-3-2-4-14(15)17/h2-9,11,18H,10H2,1H3. The molecule has 0 saturated carbocycles. The summed E-state index contributed by atoms with van der Waals surface area (Å²) in [5.74, 6) is 0.480. The minimum absolute atomic E-state index is 0.0826. The Hall–Kier alpha value is -1.74. The Labute approximate surface area is 117 Å². The second kappa shape index (κ2) is 6.43. The number of halogens is 2. The molecule has 0 bridgehead atoms. The van der Waals surface area contributed by atoms with Gasteiger partial charge in [-0.2, -0.15) is 0 Å². The van der Waals surface area contributed by atoms with Crippen LogP contribution in [0.4, 0.5) is 10.1 Å². The number of nitrogens with one attached hydrogen (secondary N) is 1. The molecular formula is C15H15ClFNO. The Bertz CT molecular complexity index is 530. The summed E-state index contributed by atoms with van der Waals surface area (Å²) < 4.78 is 19.1. The summed E-state index contributed by atoms with van der Waals surface area (Å²) in [6.07, 6.45) is -0.0826. The van der Waals surface area contributed by atoms with Gasteiger partial charge >= 0.3 is 0 Å². The van der Waals surface area contributed by atoms with Crippen LogP contribution in [0.2, 0.25) is 5.02 Å². The second-order valence-corrected chi connectivity index (χ2v) is 4.68. The van der Waals surface area contributed by atoms with E-state index in [-0.39, 0.29) is 11.9 Å². The van der Waals surface area contributed by atoms with Crippen LogP contribution in [-0.4, -0.2) is 12.6 Å². The fourth-order valence-corrected chi connectivity index (χ4v) is 1.77. The van der Waals surface area contributed by atoms with Gasteiger partial charge in [-0.3, -0.25) is 0 Å². The molecule has 1 N–H and O–H groups in total. The fourth-order valence-electron chi connectivity index (χ4n) is 1.65. The molecule has 19 heavy (non-hydrogen) atoms. The van der Waals surface area contributed by atoms with Gasteiger partial charge < -0.3 is 10.1 Å². The average molecular weight is 280 g/mol. The Balaban J connectivity index is 1.86. The molecular weight excluding hydrogens is 265 g/mol. The van der Waals surface area contributed by atoms with Crippen molar-refractivity contribution in [2.45, 2.75) is 13.0 Å². The van der Waals surface area contributed by atoms with Crippen LogP contribution in [0, 0.1) is 5.82 Å². The highest BCUT2D eigenvalue weighted by atomic mass is 35.5. The molecule has 0 aliphatic heterocycles. The van der Waals surface area contributed by atoms with Crippen molar-refractivity contribution < 1.29 is 9.13 Å². The lowest BCUT2D eigenvalue weighted by atomic mass is 10.3. The number of ether oxygens (including phenoxy) is 1. The predicted octanol–water partition coefficient (Wildman–Crippen LogP) is 4.36. The molecule has 0 saturated heterocycles. The molecule has 0 spiro atoms. The lowest BCUT2D eigenvalue weighted by Crippen LogP contribution is -2.23. The average Bonchev–Trinajstić information content (AvgIpc) is 2.40. The zero-order chi connectivity index (χ0) is 13.7. The van der Waals surface area contributed by atoms with Crippen molar-refractivity contribution in [3.63, 3.8) is 0 Å². The summed E-state index contributed by atoms with van der Waals surface area (Å²) in [6, 6.07) is 13.7. The van der Waals surface area contributed by atoms with Crippen molar-refractivity contribution in [2.75, 3.05) is 11.9 Å². The first kappa shape index (κ1) is 13.7. The molecule has 0 radical (unpaired) electrons. The van der Waals surface area contributed by atoms with Gasteiger partial charge in [-0.15, -0.1) is 0 Å². The van der Waals surface area contributed by atoms with Crippen LogP contribution in [0.25, 0.3) is 0 Å². The number of benzene rings is 2. The van der Waals surface area contributed by atoms with Gasteiger partial charge in [0.15, 0.2) is 0 Å². The van der Waals surface area contributed by atoms with Crippen LogP contribution in [0.1, 0.15) is 6.92 Å². The van der Waals surface area contributed by atoms with Gasteiger partial charge in [-0.25, -0.2) is 4.39 Å². The monoisotopic (exact) mass is 279 g/mol.